The van der Waals surface area contributed by atoms with E-state index < -0.39 is 0 Å². The van der Waals surface area contributed by atoms with E-state index in [9.17, 15) is 4.79 Å². The second-order valence-electron chi connectivity index (χ2n) is 4.08. The number of Topliss-reactive ketones (excluding diaryl/α,β-unsaturated/α-hetero) is 1. The van der Waals surface area contributed by atoms with Gasteiger partial charge in [0.1, 0.15) is 5.78 Å². The number of methoxy groups -OCH3 is 1. The largest absolute Gasteiger partial charge is 0.385 e. The highest BCUT2D eigenvalue weighted by Gasteiger charge is 2.22. The Morgan fingerprint density at radius 1 is 1.50 bits per heavy atom. The lowest BCUT2D eigenvalue weighted by atomic mass is 10.0. The van der Waals surface area contributed by atoms with E-state index in [0.29, 0.717) is 11.8 Å². The summed E-state index contributed by atoms with van der Waals surface area (Å²) < 4.78 is 5.00. The van der Waals surface area contributed by atoms with Crippen molar-refractivity contribution in [3.8, 4) is 0 Å². The van der Waals surface area contributed by atoms with Gasteiger partial charge in [-0.05, 0) is 26.3 Å². The molecule has 0 radical (unpaired) electrons. The SMILES string of the molecule is COCCCCN1CCC(=O)CC1C. The van der Waals surface area contributed by atoms with Crippen LogP contribution in [0.2, 0.25) is 0 Å². The monoisotopic (exact) mass is 199 g/mol. The maximum Gasteiger partial charge on any atom is 0.135 e. The standard InChI is InChI=1S/C11H21NO2/c1-10-9-11(13)5-7-12(10)6-3-4-8-14-2/h10H,3-9H2,1-2H3. The van der Waals surface area contributed by atoms with Crippen LogP contribution in [0.1, 0.15) is 32.6 Å². The summed E-state index contributed by atoms with van der Waals surface area (Å²) in [6, 6.07) is 0.443. The average Bonchev–Trinajstić information content (AvgIpc) is 2.15. The molecule has 1 rings (SSSR count). The van der Waals surface area contributed by atoms with Crippen molar-refractivity contribution in [2.45, 2.75) is 38.6 Å². The van der Waals surface area contributed by atoms with E-state index in [1.807, 2.05) is 0 Å². The number of ketones is 1. The van der Waals surface area contributed by atoms with Crippen molar-refractivity contribution in [2.75, 3.05) is 26.8 Å². The van der Waals surface area contributed by atoms with Gasteiger partial charge in [-0.25, -0.2) is 0 Å². The number of likely N-dealkylation sites (tertiary alicyclic amines) is 1. The second kappa shape index (κ2) is 6.14. The quantitative estimate of drug-likeness (QED) is 0.628. The molecule has 3 nitrogen and oxygen atoms in total. The van der Waals surface area contributed by atoms with Gasteiger partial charge in [0.05, 0.1) is 0 Å². The second-order valence-corrected chi connectivity index (χ2v) is 4.08. The van der Waals surface area contributed by atoms with Gasteiger partial charge in [-0.3, -0.25) is 9.69 Å². The van der Waals surface area contributed by atoms with E-state index in [-0.39, 0.29) is 0 Å². The maximum absolute atomic E-state index is 11.1. The summed E-state index contributed by atoms with van der Waals surface area (Å²) in [6.45, 7) is 5.05. The van der Waals surface area contributed by atoms with Crippen LogP contribution in [0.3, 0.4) is 0 Å². The van der Waals surface area contributed by atoms with Crippen molar-refractivity contribution in [1.82, 2.24) is 4.90 Å². The summed E-state index contributed by atoms with van der Waals surface area (Å²) >= 11 is 0. The Kier molecular flexibility index (Phi) is 5.12. The fourth-order valence-corrected chi connectivity index (χ4v) is 1.94. The maximum atomic E-state index is 11.1. The molecule has 1 unspecified atom stereocenters. The molecule has 0 bridgehead atoms. The van der Waals surface area contributed by atoms with Crippen LogP contribution < -0.4 is 0 Å². The first-order chi connectivity index (χ1) is 6.74. The van der Waals surface area contributed by atoms with Crippen LogP contribution in [0, 0.1) is 0 Å². The number of piperidine rings is 1. The Morgan fingerprint density at radius 3 is 2.93 bits per heavy atom. The number of rotatable bonds is 5. The Labute approximate surface area is 86.4 Å². The van der Waals surface area contributed by atoms with Gasteiger partial charge in [0.2, 0.25) is 0 Å². The summed E-state index contributed by atoms with van der Waals surface area (Å²) in [5.41, 5.74) is 0. The molecule has 14 heavy (non-hydrogen) atoms. The lowest BCUT2D eigenvalue weighted by Crippen LogP contribution is -2.41. The molecule has 0 aromatic carbocycles. The first-order valence-corrected chi connectivity index (χ1v) is 5.48. The Balaban J connectivity index is 2.14. The fraction of sp³-hybridized carbons (Fsp3) is 0.909. The molecule has 1 aliphatic rings. The van der Waals surface area contributed by atoms with Crippen LogP contribution in [0.25, 0.3) is 0 Å². The highest BCUT2D eigenvalue weighted by molar-refractivity contribution is 5.79. The zero-order chi connectivity index (χ0) is 10.4. The molecule has 1 saturated heterocycles. The number of nitrogens with zero attached hydrogens (tertiary/aromatic N) is 1. The van der Waals surface area contributed by atoms with Gasteiger partial charge in [0.25, 0.3) is 0 Å². The van der Waals surface area contributed by atoms with Gasteiger partial charge in [0, 0.05) is 39.1 Å². The molecule has 0 saturated carbocycles. The molecule has 0 amide bonds. The minimum atomic E-state index is 0.422. The third kappa shape index (κ3) is 3.76. The molecule has 0 N–H and O–H groups in total. The molecule has 0 aromatic rings. The molecule has 82 valence electrons. The van der Waals surface area contributed by atoms with E-state index in [1.54, 1.807) is 7.11 Å². The highest BCUT2D eigenvalue weighted by Crippen LogP contribution is 2.14. The van der Waals surface area contributed by atoms with Gasteiger partial charge in [-0.2, -0.15) is 0 Å². The predicted octanol–water partition coefficient (Wildman–Crippen LogP) is 1.47. The number of carbonyl (C=O) groups is 1. The molecule has 1 atom stereocenters. The minimum absolute atomic E-state index is 0.422. The third-order valence-electron chi connectivity index (χ3n) is 2.87. The first kappa shape index (κ1) is 11.7. The van der Waals surface area contributed by atoms with Crippen LogP contribution in [-0.4, -0.2) is 43.5 Å². The van der Waals surface area contributed by atoms with Crippen LogP contribution >= 0.6 is 0 Å². The number of carbonyl (C=O) groups excluding carboxylic acids is 1. The molecule has 1 fully saturated rings. The zero-order valence-electron chi connectivity index (χ0n) is 9.29. The molecule has 3 heteroatoms. The van der Waals surface area contributed by atoms with Crippen molar-refractivity contribution in [2.24, 2.45) is 0 Å². The fourth-order valence-electron chi connectivity index (χ4n) is 1.94. The number of unbranched alkanes of at least 4 members (excludes halogenated alkanes) is 1. The summed E-state index contributed by atoms with van der Waals surface area (Å²) in [6.07, 6.45) is 3.78. The Hall–Kier alpha value is -0.410. The number of hydrogen-bond donors (Lipinski definition) is 0. The van der Waals surface area contributed by atoms with Crippen molar-refractivity contribution < 1.29 is 9.53 Å². The van der Waals surface area contributed by atoms with E-state index >= 15 is 0 Å². The molecule has 0 aliphatic carbocycles. The molecular formula is C11H21NO2. The highest BCUT2D eigenvalue weighted by atomic mass is 16.5. The van der Waals surface area contributed by atoms with Crippen molar-refractivity contribution in [3.63, 3.8) is 0 Å². The average molecular weight is 199 g/mol. The van der Waals surface area contributed by atoms with E-state index in [2.05, 4.69) is 11.8 Å². The first-order valence-electron chi connectivity index (χ1n) is 5.48. The summed E-state index contributed by atoms with van der Waals surface area (Å²) in [7, 11) is 1.74. The van der Waals surface area contributed by atoms with Crippen LogP contribution in [0.5, 0.6) is 0 Å². The summed E-state index contributed by atoms with van der Waals surface area (Å²) in [5, 5.41) is 0. The number of ether oxygens (including phenoxy) is 1. The summed E-state index contributed by atoms with van der Waals surface area (Å²) in [4.78, 5) is 13.6. The molecule has 0 aromatic heterocycles. The van der Waals surface area contributed by atoms with Crippen molar-refractivity contribution in [1.29, 1.82) is 0 Å². The molecule has 1 heterocycles. The minimum Gasteiger partial charge on any atom is -0.385 e. The topological polar surface area (TPSA) is 29.5 Å². The van der Waals surface area contributed by atoms with Crippen LogP contribution in [0.4, 0.5) is 0 Å². The van der Waals surface area contributed by atoms with E-state index in [0.717, 1.165) is 39.0 Å². The number of hydrogen-bond acceptors (Lipinski definition) is 3. The molecule has 0 spiro atoms. The summed E-state index contributed by atoms with van der Waals surface area (Å²) in [5.74, 6) is 0.422. The predicted molar refractivity (Wildman–Crippen MR) is 56.4 cm³/mol. The Morgan fingerprint density at radius 2 is 2.29 bits per heavy atom. The van der Waals surface area contributed by atoms with Gasteiger partial charge in [-0.1, -0.05) is 0 Å². The third-order valence-corrected chi connectivity index (χ3v) is 2.87. The van der Waals surface area contributed by atoms with E-state index in [1.165, 1.54) is 6.42 Å². The lowest BCUT2D eigenvalue weighted by Gasteiger charge is -2.32. The zero-order valence-corrected chi connectivity index (χ0v) is 9.29. The molecule has 1 aliphatic heterocycles. The lowest BCUT2D eigenvalue weighted by molar-refractivity contribution is -0.122. The van der Waals surface area contributed by atoms with Gasteiger partial charge < -0.3 is 4.74 Å². The molecular weight excluding hydrogens is 178 g/mol. The van der Waals surface area contributed by atoms with Gasteiger partial charge >= 0.3 is 0 Å². The van der Waals surface area contributed by atoms with Gasteiger partial charge in [0.15, 0.2) is 0 Å². The van der Waals surface area contributed by atoms with Crippen LogP contribution in [-0.2, 0) is 9.53 Å². The van der Waals surface area contributed by atoms with Crippen LogP contribution in [0.15, 0.2) is 0 Å². The van der Waals surface area contributed by atoms with E-state index in [4.69, 9.17) is 4.74 Å². The van der Waals surface area contributed by atoms with Crippen molar-refractivity contribution >= 4 is 5.78 Å². The normalized spacial score (nSPS) is 24.1. The smallest absolute Gasteiger partial charge is 0.135 e. The van der Waals surface area contributed by atoms with Crippen molar-refractivity contribution in [3.05, 3.63) is 0 Å². The van der Waals surface area contributed by atoms with Gasteiger partial charge in [-0.15, -0.1) is 0 Å². The Bertz CT molecular complexity index is 182.